The van der Waals surface area contributed by atoms with E-state index in [2.05, 4.69) is 5.32 Å². The second kappa shape index (κ2) is 6.62. The number of rotatable bonds is 5. The van der Waals surface area contributed by atoms with Crippen LogP contribution in [-0.2, 0) is 14.2 Å². The second-order valence-electron chi connectivity index (χ2n) is 3.72. The van der Waals surface area contributed by atoms with E-state index in [1.54, 1.807) is 27.9 Å². The molecule has 0 unspecified atom stereocenters. The van der Waals surface area contributed by atoms with Gasteiger partial charge < -0.3 is 14.2 Å². The predicted octanol–water partition coefficient (Wildman–Crippen LogP) is 1.13. The minimum absolute atomic E-state index is 0.137. The molecule has 0 radical (unpaired) electrons. The Bertz CT molecular complexity index is 165. The third-order valence-corrected chi connectivity index (χ3v) is 1.15. The number of amides is 1. The number of carbonyl (C=O) groups excluding carboxylic acids is 1. The standard InChI is InChI=1S/C9H19NO4/c1-9(2,3)14-8(11)10-7-13-6-5-12-4/h5-7H2,1-4H3,(H,10,11). The summed E-state index contributed by atoms with van der Waals surface area (Å²) in [6, 6.07) is 0. The number of hydrogen-bond acceptors (Lipinski definition) is 4. The molecule has 0 heterocycles. The molecule has 84 valence electrons. The monoisotopic (exact) mass is 205 g/mol. The molecule has 0 fully saturated rings. The van der Waals surface area contributed by atoms with Gasteiger partial charge in [0.05, 0.1) is 13.2 Å². The molecule has 14 heavy (non-hydrogen) atoms. The molecule has 5 heteroatoms. The van der Waals surface area contributed by atoms with Gasteiger partial charge in [0.2, 0.25) is 0 Å². The molecule has 0 saturated carbocycles. The van der Waals surface area contributed by atoms with Crippen LogP contribution in [0.25, 0.3) is 0 Å². The third kappa shape index (κ3) is 9.28. The molecule has 0 rings (SSSR count). The molecule has 0 spiro atoms. The molecule has 0 aliphatic rings. The molecule has 0 aliphatic heterocycles. The van der Waals surface area contributed by atoms with Gasteiger partial charge >= 0.3 is 6.09 Å². The van der Waals surface area contributed by atoms with Gasteiger partial charge in [-0.15, -0.1) is 0 Å². The summed E-state index contributed by atoms with van der Waals surface area (Å²) in [4.78, 5) is 11.0. The van der Waals surface area contributed by atoms with Gasteiger partial charge in [-0.05, 0) is 20.8 Å². The van der Waals surface area contributed by atoms with Crippen LogP contribution in [0, 0.1) is 0 Å². The van der Waals surface area contributed by atoms with Gasteiger partial charge in [-0.1, -0.05) is 0 Å². The van der Waals surface area contributed by atoms with E-state index in [4.69, 9.17) is 14.2 Å². The maximum absolute atomic E-state index is 11.0. The third-order valence-electron chi connectivity index (χ3n) is 1.15. The lowest BCUT2D eigenvalue weighted by molar-refractivity contribution is 0.0301. The smallest absolute Gasteiger partial charge is 0.409 e. The molecule has 0 aromatic rings. The number of hydrogen-bond donors (Lipinski definition) is 1. The van der Waals surface area contributed by atoms with E-state index in [-0.39, 0.29) is 6.73 Å². The summed E-state index contributed by atoms with van der Waals surface area (Å²) in [5.74, 6) is 0. The molecule has 0 atom stereocenters. The van der Waals surface area contributed by atoms with E-state index in [0.29, 0.717) is 13.2 Å². The molecule has 0 aliphatic carbocycles. The highest BCUT2D eigenvalue weighted by atomic mass is 16.6. The first-order chi connectivity index (χ1) is 6.45. The molecule has 5 nitrogen and oxygen atoms in total. The first-order valence-corrected chi connectivity index (χ1v) is 4.49. The van der Waals surface area contributed by atoms with Crippen molar-refractivity contribution in [2.45, 2.75) is 26.4 Å². The van der Waals surface area contributed by atoms with Gasteiger partial charge in [0.1, 0.15) is 12.3 Å². The quantitative estimate of drug-likeness (QED) is 0.540. The Morgan fingerprint density at radius 1 is 1.29 bits per heavy atom. The van der Waals surface area contributed by atoms with Crippen LogP contribution in [0.15, 0.2) is 0 Å². The van der Waals surface area contributed by atoms with Crippen LogP contribution in [0.5, 0.6) is 0 Å². The number of nitrogens with one attached hydrogen (secondary N) is 1. The van der Waals surface area contributed by atoms with Crippen molar-refractivity contribution in [3.05, 3.63) is 0 Å². The minimum atomic E-state index is -0.477. The van der Waals surface area contributed by atoms with Crippen LogP contribution in [-0.4, -0.2) is 38.7 Å². The number of ether oxygens (including phenoxy) is 3. The fourth-order valence-corrected chi connectivity index (χ4v) is 0.639. The lowest BCUT2D eigenvalue weighted by Crippen LogP contribution is -2.34. The van der Waals surface area contributed by atoms with Crippen molar-refractivity contribution in [1.29, 1.82) is 0 Å². The highest BCUT2D eigenvalue weighted by Crippen LogP contribution is 2.05. The van der Waals surface area contributed by atoms with Crippen LogP contribution >= 0.6 is 0 Å². The fraction of sp³-hybridized carbons (Fsp3) is 0.889. The van der Waals surface area contributed by atoms with Crippen molar-refractivity contribution in [2.75, 3.05) is 27.1 Å². The Hall–Kier alpha value is -0.810. The second-order valence-corrected chi connectivity index (χ2v) is 3.72. The average Bonchev–Trinajstić information content (AvgIpc) is 2.00. The molecule has 0 aromatic heterocycles. The Morgan fingerprint density at radius 3 is 2.43 bits per heavy atom. The molecule has 0 saturated heterocycles. The first kappa shape index (κ1) is 13.2. The van der Waals surface area contributed by atoms with Gasteiger partial charge in [-0.3, -0.25) is 5.32 Å². The van der Waals surface area contributed by atoms with Crippen molar-refractivity contribution in [1.82, 2.24) is 5.32 Å². The van der Waals surface area contributed by atoms with Crippen molar-refractivity contribution in [3.8, 4) is 0 Å². The van der Waals surface area contributed by atoms with E-state index >= 15 is 0 Å². The number of alkyl carbamates (subject to hydrolysis) is 1. The number of methoxy groups -OCH3 is 1. The summed E-state index contributed by atoms with van der Waals surface area (Å²) < 4.78 is 14.8. The van der Waals surface area contributed by atoms with E-state index in [1.807, 2.05) is 0 Å². The van der Waals surface area contributed by atoms with Crippen molar-refractivity contribution in [3.63, 3.8) is 0 Å². The molecule has 1 N–H and O–H groups in total. The Balaban J connectivity index is 3.36. The van der Waals surface area contributed by atoms with Crippen LogP contribution in [0.1, 0.15) is 20.8 Å². The Kier molecular flexibility index (Phi) is 6.23. The van der Waals surface area contributed by atoms with Crippen LogP contribution < -0.4 is 5.32 Å². The van der Waals surface area contributed by atoms with Gasteiger partial charge in [-0.2, -0.15) is 0 Å². The highest BCUT2D eigenvalue weighted by molar-refractivity contribution is 5.67. The Morgan fingerprint density at radius 2 is 1.93 bits per heavy atom. The van der Waals surface area contributed by atoms with Crippen molar-refractivity contribution >= 4 is 6.09 Å². The zero-order valence-electron chi connectivity index (χ0n) is 9.25. The van der Waals surface area contributed by atoms with Gasteiger partial charge in [0.15, 0.2) is 0 Å². The van der Waals surface area contributed by atoms with Crippen molar-refractivity contribution in [2.24, 2.45) is 0 Å². The summed E-state index contributed by atoms with van der Waals surface area (Å²) in [7, 11) is 1.59. The summed E-state index contributed by atoms with van der Waals surface area (Å²) in [5.41, 5.74) is -0.476. The van der Waals surface area contributed by atoms with E-state index in [9.17, 15) is 4.79 Å². The molecule has 0 bridgehead atoms. The van der Waals surface area contributed by atoms with Gasteiger partial charge in [0, 0.05) is 7.11 Å². The average molecular weight is 205 g/mol. The maximum atomic E-state index is 11.0. The normalized spacial score (nSPS) is 11.1. The van der Waals surface area contributed by atoms with Crippen LogP contribution in [0.3, 0.4) is 0 Å². The predicted molar refractivity (Wildman–Crippen MR) is 52.1 cm³/mol. The van der Waals surface area contributed by atoms with Crippen molar-refractivity contribution < 1.29 is 19.0 Å². The molecular weight excluding hydrogens is 186 g/mol. The van der Waals surface area contributed by atoms with Crippen LogP contribution in [0.2, 0.25) is 0 Å². The Labute approximate surface area is 84.7 Å². The fourth-order valence-electron chi connectivity index (χ4n) is 0.639. The van der Waals surface area contributed by atoms with E-state index in [0.717, 1.165) is 0 Å². The molecule has 1 amide bonds. The topological polar surface area (TPSA) is 56.8 Å². The van der Waals surface area contributed by atoms with E-state index in [1.165, 1.54) is 0 Å². The summed E-state index contributed by atoms with van der Waals surface area (Å²) in [6.07, 6.45) is -0.477. The zero-order valence-corrected chi connectivity index (χ0v) is 9.25. The lowest BCUT2D eigenvalue weighted by Gasteiger charge is -2.19. The SMILES string of the molecule is COCCOCNC(=O)OC(C)(C)C. The summed E-state index contributed by atoms with van der Waals surface area (Å²) >= 11 is 0. The highest BCUT2D eigenvalue weighted by Gasteiger charge is 2.15. The van der Waals surface area contributed by atoms with Crippen LogP contribution in [0.4, 0.5) is 4.79 Å². The largest absolute Gasteiger partial charge is 0.444 e. The minimum Gasteiger partial charge on any atom is -0.444 e. The molecular formula is C9H19NO4. The summed E-state index contributed by atoms with van der Waals surface area (Å²) in [5, 5.41) is 2.46. The zero-order chi connectivity index (χ0) is 11.0. The summed E-state index contributed by atoms with van der Waals surface area (Å²) in [6.45, 7) is 6.51. The molecule has 0 aromatic carbocycles. The lowest BCUT2D eigenvalue weighted by atomic mass is 10.2. The number of carbonyl (C=O) groups is 1. The maximum Gasteiger partial charge on any atom is 0.409 e. The van der Waals surface area contributed by atoms with Gasteiger partial charge in [0.25, 0.3) is 0 Å². The first-order valence-electron chi connectivity index (χ1n) is 4.49. The van der Waals surface area contributed by atoms with E-state index < -0.39 is 11.7 Å². The van der Waals surface area contributed by atoms with Gasteiger partial charge in [-0.25, -0.2) is 4.79 Å².